The summed E-state index contributed by atoms with van der Waals surface area (Å²) in [4.78, 5) is 25.6. The van der Waals surface area contributed by atoms with Gasteiger partial charge >= 0.3 is 5.91 Å². The van der Waals surface area contributed by atoms with Gasteiger partial charge in [0.25, 0.3) is 5.91 Å². The van der Waals surface area contributed by atoms with Crippen molar-refractivity contribution in [2.45, 2.75) is 19.0 Å². The van der Waals surface area contributed by atoms with Crippen LogP contribution in [0.5, 0.6) is 0 Å². The Balaban J connectivity index is 1.69. The van der Waals surface area contributed by atoms with E-state index in [0.29, 0.717) is 16.1 Å². The van der Waals surface area contributed by atoms with Crippen molar-refractivity contribution in [3.63, 3.8) is 0 Å². The van der Waals surface area contributed by atoms with Crippen LogP contribution in [0.3, 0.4) is 0 Å². The molecule has 31 heavy (non-hydrogen) atoms. The first-order valence-corrected chi connectivity index (χ1v) is 10.1. The molecule has 1 aliphatic rings. The van der Waals surface area contributed by atoms with Crippen LogP contribution in [0.1, 0.15) is 33.1 Å². The second-order valence-corrected chi connectivity index (χ2v) is 7.81. The first-order chi connectivity index (χ1) is 14.9. The summed E-state index contributed by atoms with van der Waals surface area (Å²) >= 11 is 6.03. The van der Waals surface area contributed by atoms with Crippen LogP contribution in [-0.4, -0.2) is 28.8 Å². The molecule has 4 rings (SSSR count). The number of amides is 2. The van der Waals surface area contributed by atoms with Crippen LogP contribution in [0.2, 0.25) is 5.02 Å². The molecule has 7 heteroatoms. The molecule has 156 valence electrons. The minimum Gasteiger partial charge on any atom is -0.334 e. The number of hydrazone groups is 1. The van der Waals surface area contributed by atoms with Gasteiger partial charge in [-0.05, 0) is 55.5 Å². The molecule has 2 N–H and O–H groups in total. The second-order valence-electron chi connectivity index (χ2n) is 7.38. The fourth-order valence-electron chi connectivity index (χ4n) is 3.48. The normalized spacial score (nSPS) is 19.3. The van der Waals surface area contributed by atoms with Crippen molar-refractivity contribution in [1.82, 2.24) is 10.7 Å². The predicted octanol–water partition coefficient (Wildman–Crippen LogP) is 3.80. The number of carbonyl (C=O) groups is 2. The van der Waals surface area contributed by atoms with Gasteiger partial charge in [0.05, 0.1) is 0 Å². The van der Waals surface area contributed by atoms with Gasteiger partial charge in [0.15, 0.2) is 6.04 Å². The highest BCUT2D eigenvalue weighted by atomic mass is 35.5. The topological polar surface area (TPSA) is 61.2 Å². The molecule has 0 saturated carbocycles. The van der Waals surface area contributed by atoms with Crippen molar-refractivity contribution >= 4 is 29.6 Å². The molecule has 0 spiro atoms. The van der Waals surface area contributed by atoms with Gasteiger partial charge in [0.1, 0.15) is 5.82 Å². The number of aryl methyl sites for hydroxylation is 1. The van der Waals surface area contributed by atoms with Crippen LogP contribution < -0.4 is 10.7 Å². The Morgan fingerprint density at radius 2 is 1.68 bits per heavy atom. The largest absolute Gasteiger partial charge is 0.334 e. The molecule has 0 radical (unpaired) electrons. The molecule has 0 unspecified atom stereocenters. The molecular weight excluding hydrogens is 417 g/mol. The standard InChI is InChI=1S/C24H19ClFN3O2/c1-15-2-6-18(7-3-15)23(30)27-21-22(17-8-10-19(25)11-9-17)29(28-24(21)31)14-16-4-12-20(26)13-5-16/h2-14,21-22H,1H3,(H-,27,28,30,31)/p+1/b29-14-/t21-,22-/m0/s1. The lowest BCUT2D eigenvalue weighted by Gasteiger charge is -2.15. The van der Waals surface area contributed by atoms with Gasteiger partial charge in [0, 0.05) is 21.7 Å². The van der Waals surface area contributed by atoms with Gasteiger partial charge < -0.3 is 5.32 Å². The van der Waals surface area contributed by atoms with Crippen LogP contribution in [-0.2, 0) is 4.79 Å². The second kappa shape index (κ2) is 8.70. The van der Waals surface area contributed by atoms with Crippen LogP contribution in [0.25, 0.3) is 0 Å². The summed E-state index contributed by atoms with van der Waals surface area (Å²) < 4.78 is 14.9. The zero-order valence-electron chi connectivity index (χ0n) is 16.7. The Morgan fingerprint density at radius 3 is 2.32 bits per heavy atom. The first-order valence-electron chi connectivity index (χ1n) is 9.73. The number of hydrazine groups is 1. The maximum atomic E-state index is 13.3. The summed E-state index contributed by atoms with van der Waals surface area (Å²) in [5, 5.41) is 3.41. The van der Waals surface area contributed by atoms with E-state index in [9.17, 15) is 14.0 Å². The Kier molecular flexibility index (Phi) is 5.82. The van der Waals surface area contributed by atoms with Crippen molar-refractivity contribution in [3.8, 4) is 0 Å². The van der Waals surface area contributed by atoms with E-state index < -0.39 is 12.1 Å². The number of rotatable bonds is 4. The number of hydrogen-bond donors (Lipinski definition) is 2. The number of benzene rings is 3. The zero-order valence-corrected chi connectivity index (χ0v) is 17.4. The fourth-order valence-corrected chi connectivity index (χ4v) is 3.61. The van der Waals surface area contributed by atoms with E-state index in [1.165, 1.54) is 12.1 Å². The lowest BCUT2D eigenvalue weighted by molar-refractivity contribution is -0.596. The van der Waals surface area contributed by atoms with E-state index in [4.69, 9.17) is 11.6 Å². The highest BCUT2D eigenvalue weighted by Crippen LogP contribution is 2.26. The van der Waals surface area contributed by atoms with Crippen LogP contribution in [0.4, 0.5) is 4.39 Å². The maximum absolute atomic E-state index is 13.3. The van der Waals surface area contributed by atoms with Crippen molar-refractivity contribution < 1.29 is 18.7 Å². The van der Waals surface area contributed by atoms with Crippen molar-refractivity contribution in [3.05, 3.63) is 106 Å². The fraction of sp³-hybridized carbons (Fsp3) is 0.125. The van der Waals surface area contributed by atoms with Crippen LogP contribution in [0.15, 0.2) is 72.8 Å². The Bertz CT molecular complexity index is 1140. The number of nitrogens with zero attached hydrogens (tertiary/aromatic N) is 1. The van der Waals surface area contributed by atoms with Crippen LogP contribution >= 0.6 is 11.6 Å². The Morgan fingerprint density at radius 1 is 1.03 bits per heavy atom. The van der Waals surface area contributed by atoms with Gasteiger partial charge in [-0.25, -0.2) is 4.39 Å². The third-order valence-electron chi connectivity index (χ3n) is 5.11. The Hall–Kier alpha value is -3.51. The number of nitrogens with one attached hydrogen (secondary N) is 2. The lowest BCUT2D eigenvalue weighted by Crippen LogP contribution is -2.42. The molecule has 1 saturated heterocycles. The summed E-state index contributed by atoms with van der Waals surface area (Å²) in [6, 6.07) is 18.7. The van der Waals surface area contributed by atoms with Gasteiger partial charge in [-0.15, -0.1) is 10.1 Å². The van der Waals surface area contributed by atoms with Crippen molar-refractivity contribution in [1.29, 1.82) is 0 Å². The molecule has 5 nitrogen and oxygen atoms in total. The van der Waals surface area contributed by atoms with Gasteiger partial charge in [-0.2, -0.15) is 0 Å². The summed E-state index contributed by atoms with van der Waals surface area (Å²) in [5.74, 6) is -1.04. The molecule has 1 fully saturated rings. The Labute approximate surface area is 184 Å². The quantitative estimate of drug-likeness (QED) is 0.611. The van der Waals surface area contributed by atoms with E-state index in [1.54, 1.807) is 47.3 Å². The summed E-state index contributed by atoms with van der Waals surface area (Å²) in [7, 11) is 0. The average molecular weight is 437 g/mol. The van der Waals surface area contributed by atoms with E-state index in [2.05, 4.69) is 10.7 Å². The summed E-state index contributed by atoms with van der Waals surface area (Å²) in [6.45, 7) is 1.94. The smallest absolute Gasteiger partial charge is 0.304 e. The number of halogens is 2. The van der Waals surface area contributed by atoms with Gasteiger partial charge in [0.2, 0.25) is 12.3 Å². The number of carbonyl (C=O) groups excluding carboxylic acids is 2. The van der Waals surface area contributed by atoms with E-state index in [-0.39, 0.29) is 17.6 Å². The molecular formula is C24H20ClFN3O2+. The van der Waals surface area contributed by atoms with E-state index >= 15 is 0 Å². The van der Waals surface area contributed by atoms with Crippen molar-refractivity contribution in [2.75, 3.05) is 0 Å². The molecule has 3 aromatic rings. The lowest BCUT2D eigenvalue weighted by atomic mass is 9.99. The highest BCUT2D eigenvalue weighted by Gasteiger charge is 2.47. The third kappa shape index (κ3) is 4.64. The number of hydrogen-bond acceptors (Lipinski definition) is 2. The molecule has 3 aromatic carbocycles. The zero-order chi connectivity index (χ0) is 22.0. The summed E-state index contributed by atoms with van der Waals surface area (Å²) in [6.07, 6.45) is 1.70. The SMILES string of the molecule is Cc1ccc(C(=O)N[C@@H]2C(=O)N/[N+](=C\c3ccc(F)cc3)[C@H]2c2ccc(Cl)cc2)cc1. The maximum Gasteiger partial charge on any atom is 0.304 e. The molecule has 0 bridgehead atoms. The minimum atomic E-state index is -0.841. The molecule has 1 heterocycles. The predicted molar refractivity (Wildman–Crippen MR) is 117 cm³/mol. The summed E-state index contributed by atoms with van der Waals surface area (Å²) in [5.41, 5.74) is 5.78. The van der Waals surface area contributed by atoms with Crippen molar-refractivity contribution in [2.24, 2.45) is 0 Å². The molecule has 1 aliphatic heterocycles. The average Bonchev–Trinajstić information content (AvgIpc) is 3.05. The van der Waals surface area contributed by atoms with Gasteiger partial charge in [-0.3, -0.25) is 9.59 Å². The molecule has 0 aliphatic carbocycles. The van der Waals surface area contributed by atoms with E-state index in [0.717, 1.165) is 11.1 Å². The molecule has 2 atom stereocenters. The first kappa shape index (κ1) is 20.8. The van der Waals surface area contributed by atoms with Gasteiger partial charge in [-0.1, -0.05) is 41.4 Å². The minimum absolute atomic E-state index is 0.345. The molecule has 2 amide bonds. The van der Waals surface area contributed by atoms with E-state index in [1.807, 2.05) is 31.2 Å². The monoisotopic (exact) mass is 436 g/mol. The molecule has 0 aromatic heterocycles. The third-order valence-corrected chi connectivity index (χ3v) is 5.36. The highest BCUT2D eigenvalue weighted by molar-refractivity contribution is 6.30. The van der Waals surface area contributed by atoms with Crippen LogP contribution in [0, 0.1) is 12.7 Å².